The van der Waals surface area contributed by atoms with Gasteiger partial charge in [-0.3, -0.25) is 4.79 Å². The Labute approximate surface area is 109 Å². The van der Waals surface area contributed by atoms with E-state index >= 15 is 0 Å². The number of amides is 1. The van der Waals surface area contributed by atoms with Gasteiger partial charge in [-0.05, 0) is 24.0 Å². The third-order valence-electron chi connectivity index (χ3n) is 3.75. The first kappa shape index (κ1) is 12.9. The summed E-state index contributed by atoms with van der Waals surface area (Å²) < 4.78 is 0. The first-order valence-corrected chi connectivity index (χ1v) is 6.53. The minimum atomic E-state index is -0.132. The Balaban J connectivity index is 1.98. The van der Waals surface area contributed by atoms with E-state index in [0.29, 0.717) is 0 Å². The quantitative estimate of drug-likeness (QED) is 0.842. The number of para-hydroxylation sites is 1. The molecule has 18 heavy (non-hydrogen) atoms. The highest BCUT2D eigenvalue weighted by Crippen LogP contribution is 2.26. The van der Waals surface area contributed by atoms with Crippen molar-refractivity contribution in [3.63, 3.8) is 0 Å². The van der Waals surface area contributed by atoms with Gasteiger partial charge in [0, 0.05) is 18.2 Å². The summed E-state index contributed by atoms with van der Waals surface area (Å²) in [5.41, 5.74) is 2.39. The van der Waals surface area contributed by atoms with Gasteiger partial charge in [0.15, 0.2) is 0 Å². The number of carbonyl (C=O) groups is 1. The third-order valence-corrected chi connectivity index (χ3v) is 3.75. The molecule has 2 N–H and O–H groups in total. The molecule has 1 aliphatic rings. The molecule has 0 fully saturated rings. The number of benzene rings is 1. The van der Waals surface area contributed by atoms with Crippen LogP contribution in [0.2, 0.25) is 0 Å². The molecule has 1 heterocycles. The maximum Gasteiger partial charge on any atom is 0.243 e. The Morgan fingerprint density at radius 3 is 2.67 bits per heavy atom. The van der Waals surface area contributed by atoms with E-state index in [1.54, 1.807) is 0 Å². The van der Waals surface area contributed by atoms with Crippen LogP contribution in [0.5, 0.6) is 0 Å². The smallest absolute Gasteiger partial charge is 0.243 e. The van der Waals surface area contributed by atoms with E-state index in [1.165, 1.54) is 5.56 Å². The van der Waals surface area contributed by atoms with Gasteiger partial charge >= 0.3 is 0 Å². The second-order valence-corrected chi connectivity index (χ2v) is 6.15. The molecule has 0 bridgehead atoms. The van der Waals surface area contributed by atoms with E-state index in [4.69, 9.17) is 0 Å². The lowest BCUT2D eigenvalue weighted by Gasteiger charge is -2.29. The van der Waals surface area contributed by atoms with Gasteiger partial charge in [-0.2, -0.15) is 0 Å². The molecule has 0 spiro atoms. The standard InChI is InChI=1S/C15H22N2O/c1-10(15(2,3)4)16-14(18)13-9-11-7-5-6-8-12(11)17-13/h5-8,10,13,17H,9H2,1-4H3,(H,16,18). The van der Waals surface area contributed by atoms with Crippen molar-refractivity contribution in [2.45, 2.75) is 46.2 Å². The summed E-state index contributed by atoms with van der Waals surface area (Å²) in [5, 5.41) is 6.37. The molecular formula is C15H22N2O. The molecule has 2 atom stereocenters. The summed E-state index contributed by atoms with van der Waals surface area (Å²) in [5.74, 6) is 0.0913. The second-order valence-electron chi connectivity index (χ2n) is 6.15. The predicted molar refractivity (Wildman–Crippen MR) is 74.6 cm³/mol. The second kappa shape index (κ2) is 4.63. The molecule has 3 heteroatoms. The van der Waals surface area contributed by atoms with Crippen LogP contribution in [-0.4, -0.2) is 18.0 Å². The summed E-state index contributed by atoms with van der Waals surface area (Å²) in [4.78, 5) is 12.2. The third kappa shape index (κ3) is 2.66. The van der Waals surface area contributed by atoms with E-state index in [1.807, 2.05) is 18.2 Å². The molecule has 98 valence electrons. The van der Waals surface area contributed by atoms with Crippen molar-refractivity contribution in [3.8, 4) is 0 Å². The fourth-order valence-corrected chi connectivity index (χ4v) is 1.99. The number of hydrogen-bond acceptors (Lipinski definition) is 2. The molecule has 1 aromatic carbocycles. The Hall–Kier alpha value is -1.51. The summed E-state index contributed by atoms with van der Waals surface area (Å²) in [7, 11) is 0. The molecule has 2 unspecified atom stereocenters. The van der Waals surface area contributed by atoms with Gasteiger partial charge in [0.25, 0.3) is 0 Å². The zero-order valence-corrected chi connectivity index (χ0v) is 11.6. The van der Waals surface area contributed by atoms with E-state index in [2.05, 4.69) is 44.4 Å². The van der Waals surface area contributed by atoms with Crippen LogP contribution in [0.1, 0.15) is 33.3 Å². The predicted octanol–water partition coefficient (Wildman–Crippen LogP) is 2.57. The van der Waals surface area contributed by atoms with Crippen molar-refractivity contribution in [1.82, 2.24) is 5.32 Å². The minimum absolute atomic E-state index is 0.0844. The van der Waals surface area contributed by atoms with Crippen LogP contribution < -0.4 is 10.6 Å². The average Bonchev–Trinajstić information content (AvgIpc) is 2.71. The molecule has 1 aliphatic heterocycles. The number of hydrogen-bond donors (Lipinski definition) is 2. The van der Waals surface area contributed by atoms with Crippen molar-refractivity contribution in [3.05, 3.63) is 29.8 Å². The lowest BCUT2D eigenvalue weighted by atomic mass is 9.88. The lowest BCUT2D eigenvalue weighted by molar-refractivity contribution is -0.123. The van der Waals surface area contributed by atoms with Gasteiger partial charge in [-0.1, -0.05) is 39.0 Å². The van der Waals surface area contributed by atoms with Gasteiger partial charge in [0.2, 0.25) is 5.91 Å². The first-order chi connectivity index (χ1) is 8.38. The van der Waals surface area contributed by atoms with Gasteiger partial charge in [-0.25, -0.2) is 0 Å². The van der Waals surface area contributed by atoms with E-state index in [9.17, 15) is 4.79 Å². The molecular weight excluding hydrogens is 224 g/mol. The maximum atomic E-state index is 12.2. The van der Waals surface area contributed by atoms with Gasteiger partial charge in [0.05, 0.1) is 0 Å². The average molecular weight is 246 g/mol. The number of rotatable bonds is 2. The van der Waals surface area contributed by atoms with Gasteiger partial charge < -0.3 is 10.6 Å². The summed E-state index contributed by atoms with van der Waals surface area (Å²) in [6, 6.07) is 8.13. The molecule has 1 amide bonds. The highest BCUT2D eigenvalue weighted by molar-refractivity contribution is 5.87. The largest absolute Gasteiger partial charge is 0.373 e. The van der Waals surface area contributed by atoms with E-state index in [-0.39, 0.29) is 23.4 Å². The lowest BCUT2D eigenvalue weighted by Crippen LogP contribution is -2.47. The Bertz CT molecular complexity index is 423. The number of carbonyl (C=O) groups excluding carboxylic acids is 1. The van der Waals surface area contributed by atoms with Gasteiger partial charge in [0.1, 0.15) is 6.04 Å². The molecule has 0 aliphatic carbocycles. The normalized spacial score (nSPS) is 19.9. The van der Waals surface area contributed by atoms with Crippen LogP contribution in [-0.2, 0) is 11.2 Å². The molecule has 0 saturated carbocycles. The van der Waals surface area contributed by atoms with Crippen molar-refractivity contribution in [2.75, 3.05) is 5.32 Å². The number of nitrogens with one attached hydrogen (secondary N) is 2. The molecule has 2 rings (SSSR count). The Morgan fingerprint density at radius 1 is 1.39 bits per heavy atom. The molecule has 0 saturated heterocycles. The van der Waals surface area contributed by atoms with Crippen LogP contribution >= 0.6 is 0 Å². The van der Waals surface area contributed by atoms with E-state index in [0.717, 1.165) is 12.1 Å². The fourth-order valence-electron chi connectivity index (χ4n) is 1.99. The van der Waals surface area contributed by atoms with E-state index < -0.39 is 0 Å². The zero-order chi connectivity index (χ0) is 13.3. The van der Waals surface area contributed by atoms with Crippen molar-refractivity contribution >= 4 is 11.6 Å². The highest BCUT2D eigenvalue weighted by atomic mass is 16.2. The maximum absolute atomic E-state index is 12.2. The molecule has 0 aromatic heterocycles. The molecule has 3 nitrogen and oxygen atoms in total. The van der Waals surface area contributed by atoms with Crippen LogP contribution in [0.4, 0.5) is 5.69 Å². The highest BCUT2D eigenvalue weighted by Gasteiger charge is 2.29. The van der Waals surface area contributed by atoms with Crippen LogP contribution in [0, 0.1) is 5.41 Å². The Morgan fingerprint density at radius 2 is 2.06 bits per heavy atom. The van der Waals surface area contributed by atoms with Crippen molar-refractivity contribution in [1.29, 1.82) is 0 Å². The van der Waals surface area contributed by atoms with Crippen LogP contribution in [0.3, 0.4) is 0 Å². The van der Waals surface area contributed by atoms with Crippen molar-refractivity contribution < 1.29 is 4.79 Å². The fraction of sp³-hybridized carbons (Fsp3) is 0.533. The first-order valence-electron chi connectivity index (χ1n) is 6.53. The zero-order valence-electron chi connectivity index (χ0n) is 11.6. The van der Waals surface area contributed by atoms with Gasteiger partial charge in [-0.15, -0.1) is 0 Å². The number of anilines is 1. The summed E-state index contributed by atoms with van der Waals surface area (Å²) in [6.07, 6.45) is 0.777. The molecule has 1 aromatic rings. The Kier molecular flexibility index (Phi) is 3.33. The van der Waals surface area contributed by atoms with Crippen LogP contribution in [0.25, 0.3) is 0 Å². The minimum Gasteiger partial charge on any atom is -0.373 e. The van der Waals surface area contributed by atoms with Crippen molar-refractivity contribution in [2.24, 2.45) is 5.41 Å². The topological polar surface area (TPSA) is 41.1 Å². The molecule has 0 radical (unpaired) electrons. The monoisotopic (exact) mass is 246 g/mol. The van der Waals surface area contributed by atoms with Crippen LogP contribution in [0.15, 0.2) is 24.3 Å². The summed E-state index contributed by atoms with van der Waals surface area (Å²) in [6.45, 7) is 8.46. The SMILES string of the molecule is CC(NC(=O)C1Cc2ccccc2N1)C(C)(C)C. The summed E-state index contributed by atoms with van der Waals surface area (Å²) >= 11 is 0. The number of fused-ring (bicyclic) bond motifs is 1.